The SMILES string of the molecule is CCC(Oc1ccc2c(c1)C(c1ccc(C)cc1)N(C(=O)C1CC1)CC2)C(=O)N1CCOCC1. The molecule has 5 rings (SSSR count). The molecule has 1 saturated heterocycles. The second-order valence-electron chi connectivity index (χ2n) is 9.68. The zero-order chi connectivity index (χ0) is 23.7. The summed E-state index contributed by atoms with van der Waals surface area (Å²) in [6.45, 7) is 7.15. The second kappa shape index (κ2) is 9.79. The Bertz CT molecular complexity index is 1040. The van der Waals surface area contributed by atoms with Gasteiger partial charge in [0.15, 0.2) is 6.10 Å². The molecule has 180 valence electrons. The topological polar surface area (TPSA) is 59.1 Å². The van der Waals surface area contributed by atoms with Crippen LogP contribution in [-0.2, 0) is 20.7 Å². The van der Waals surface area contributed by atoms with Crippen LogP contribution in [0.5, 0.6) is 5.75 Å². The fourth-order valence-corrected chi connectivity index (χ4v) is 5.04. The molecular weight excluding hydrogens is 428 g/mol. The van der Waals surface area contributed by atoms with E-state index < -0.39 is 6.10 Å². The first-order chi connectivity index (χ1) is 16.5. The maximum absolute atomic E-state index is 13.2. The highest BCUT2D eigenvalue weighted by atomic mass is 16.5. The van der Waals surface area contributed by atoms with E-state index in [1.807, 2.05) is 17.9 Å². The molecule has 0 N–H and O–H groups in total. The maximum Gasteiger partial charge on any atom is 0.263 e. The first-order valence-corrected chi connectivity index (χ1v) is 12.6. The molecule has 2 aromatic rings. The number of rotatable bonds is 6. The number of aryl methyl sites for hydroxylation is 1. The molecule has 2 heterocycles. The summed E-state index contributed by atoms with van der Waals surface area (Å²) in [4.78, 5) is 30.2. The van der Waals surface area contributed by atoms with E-state index in [0.717, 1.165) is 36.9 Å². The normalized spacial score (nSPS) is 21.1. The van der Waals surface area contributed by atoms with Crippen LogP contribution < -0.4 is 4.74 Å². The number of amides is 2. The van der Waals surface area contributed by atoms with Gasteiger partial charge >= 0.3 is 0 Å². The van der Waals surface area contributed by atoms with Crippen molar-refractivity contribution in [1.29, 1.82) is 0 Å². The molecule has 2 aliphatic heterocycles. The Hall–Kier alpha value is -2.86. The van der Waals surface area contributed by atoms with Crippen LogP contribution in [0.15, 0.2) is 42.5 Å². The molecule has 6 nitrogen and oxygen atoms in total. The van der Waals surface area contributed by atoms with Gasteiger partial charge in [0, 0.05) is 25.6 Å². The summed E-state index contributed by atoms with van der Waals surface area (Å²) in [6.07, 6.45) is 2.89. The molecule has 0 radical (unpaired) electrons. The molecule has 1 aliphatic carbocycles. The van der Waals surface area contributed by atoms with E-state index in [2.05, 4.69) is 48.2 Å². The number of hydrogen-bond acceptors (Lipinski definition) is 4. The lowest BCUT2D eigenvalue weighted by Gasteiger charge is -2.38. The summed E-state index contributed by atoms with van der Waals surface area (Å²) in [7, 11) is 0. The molecule has 2 atom stereocenters. The summed E-state index contributed by atoms with van der Waals surface area (Å²) in [5.74, 6) is 1.13. The van der Waals surface area contributed by atoms with Gasteiger partial charge in [-0.05, 0) is 61.4 Å². The Morgan fingerprint density at radius 3 is 2.47 bits per heavy atom. The third-order valence-electron chi connectivity index (χ3n) is 7.20. The smallest absolute Gasteiger partial charge is 0.263 e. The van der Waals surface area contributed by atoms with Gasteiger partial charge in [0.05, 0.1) is 19.3 Å². The molecule has 2 amide bonds. The van der Waals surface area contributed by atoms with Crippen LogP contribution in [0.1, 0.15) is 54.5 Å². The standard InChI is InChI=1S/C28H34N2O4/c1-3-25(28(32)29-14-16-33-17-15-29)34-23-11-10-20-12-13-30(27(31)22-8-9-22)26(24(20)18-23)21-6-4-19(2)5-7-21/h4-7,10-11,18,22,25-26H,3,8-9,12-17H2,1-2H3. The fourth-order valence-electron chi connectivity index (χ4n) is 5.04. The lowest BCUT2D eigenvalue weighted by Crippen LogP contribution is -2.47. The minimum absolute atomic E-state index is 0.0177. The van der Waals surface area contributed by atoms with Crippen molar-refractivity contribution in [1.82, 2.24) is 9.80 Å². The minimum atomic E-state index is -0.526. The molecular formula is C28H34N2O4. The van der Waals surface area contributed by atoms with Gasteiger partial charge in [0.1, 0.15) is 5.75 Å². The molecule has 6 heteroatoms. The molecule has 2 aromatic carbocycles. The van der Waals surface area contributed by atoms with E-state index >= 15 is 0 Å². The first-order valence-electron chi connectivity index (χ1n) is 12.6. The van der Waals surface area contributed by atoms with Gasteiger partial charge in [-0.3, -0.25) is 9.59 Å². The number of carbonyl (C=O) groups is 2. The number of hydrogen-bond donors (Lipinski definition) is 0. The Morgan fingerprint density at radius 1 is 1.06 bits per heavy atom. The zero-order valence-electron chi connectivity index (χ0n) is 20.2. The van der Waals surface area contributed by atoms with Crippen molar-refractivity contribution < 1.29 is 19.1 Å². The van der Waals surface area contributed by atoms with Crippen LogP contribution in [0.3, 0.4) is 0 Å². The van der Waals surface area contributed by atoms with Gasteiger partial charge < -0.3 is 19.3 Å². The van der Waals surface area contributed by atoms with Crippen LogP contribution in [0, 0.1) is 12.8 Å². The molecule has 3 aliphatic rings. The van der Waals surface area contributed by atoms with Crippen LogP contribution in [0.25, 0.3) is 0 Å². The van der Waals surface area contributed by atoms with Gasteiger partial charge in [0.25, 0.3) is 5.91 Å². The maximum atomic E-state index is 13.2. The lowest BCUT2D eigenvalue weighted by atomic mass is 9.87. The lowest BCUT2D eigenvalue weighted by molar-refractivity contribution is -0.143. The van der Waals surface area contributed by atoms with E-state index in [1.54, 1.807) is 0 Å². The van der Waals surface area contributed by atoms with Gasteiger partial charge in [0.2, 0.25) is 5.91 Å². The Balaban J connectivity index is 1.44. The largest absolute Gasteiger partial charge is 0.481 e. The Labute approximate surface area is 201 Å². The Kier molecular flexibility index (Phi) is 6.59. The second-order valence-corrected chi connectivity index (χ2v) is 9.68. The number of carbonyl (C=O) groups excluding carboxylic acids is 2. The highest BCUT2D eigenvalue weighted by Gasteiger charge is 2.39. The summed E-state index contributed by atoms with van der Waals surface area (Å²) in [5, 5.41) is 0. The third kappa shape index (κ3) is 4.69. The van der Waals surface area contributed by atoms with Crippen LogP contribution in [0.2, 0.25) is 0 Å². The van der Waals surface area contributed by atoms with Gasteiger partial charge in [-0.2, -0.15) is 0 Å². The highest BCUT2D eigenvalue weighted by molar-refractivity contribution is 5.82. The molecule has 0 spiro atoms. The van der Waals surface area contributed by atoms with Crippen LogP contribution >= 0.6 is 0 Å². The molecule has 2 fully saturated rings. The number of benzene rings is 2. The molecule has 2 unspecified atom stereocenters. The molecule has 34 heavy (non-hydrogen) atoms. The number of fused-ring (bicyclic) bond motifs is 1. The number of ether oxygens (including phenoxy) is 2. The fraction of sp³-hybridized carbons (Fsp3) is 0.500. The highest BCUT2D eigenvalue weighted by Crippen LogP contribution is 2.41. The average molecular weight is 463 g/mol. The molecule has 0 aromatic heterocycles. The first kappa shape index (κ1) is 22.9. The quantitative estimate of drug-likeness (QED) is 0.654. The van der Waals surface area contributed by atoms with Gasteiger partial charge in [-0.15, -0.1) is 0 Å². The van der Waals surface area contributed by atoms with E-state index in [9.17, 15) is 9.59 Å². The minimum Gasteiger partial charge on any atom is -0.481 e. The van der Waals surface area contributed by atoms with Gasteiger partial charge in [-0.1, -0.05) is 42.8 Å². The summed E-state index contributed by atoms with van der Waals surface area (Å²) >= 11 is 0. The van der Waals surface area contributed by atoms with E-state index in [-0.39, 0.29) is 23.8 Å². The summed E-state index contributed by atoms with van der Waals surface area (Å²) in [6, 6.07) is 14.5. The predicted octanol–water partition coefficient (Wildman–Crippen LogP) is 3.90. The van der Waals surface area contributed by atoms with Crippen LogP contribution in [-0.4, -0.2) is 60.6 Å². The predicted molar refractivity (Wildman–Crippen MR) is 130 cm³/mol. The van der Waals surface area contributed by atoms with Crippen molar-refractivity contribution in [2.45, 2.75) is 51.7 Å². The summed E-state index contributed by atoms with van der Waals surface area (Å²) < 4.78 is 11.7. The van der Waals surface area contributed by atoms with Gasteiger partial charge in [-0.25, -0.2) is 0 Å². The Morgan fingerprint density at radius 2 is 1.79 bits per heavy atom. The van der Waals surface area contributed by atoms with Crippen molar-refractivity contribution in [3.05, 3.63) is 64.7 Å². The van der Waals surface area contributed by atoms with Crippen LogP contribution in [0.4, 0.5) is 0 Å². The van der Waals surface area contributed by atoms with Crippen molar-refractivity contribution >= 4 is 11.8 Å². The summed E-state index contributed by atoms with van der Waals surface area (Å²) in [5.41, 5.74) is 4.67. The van der Waals surface area contributed by atoms with Crippen molar-refractivity contribution in [3.8, 4) is 5.75 Å². The van der Waals surface area contributed by atoms with Crippen molar-refractivity contribution in [3.63, 3.8) is 0 Å². The third-order valence-corrected chi connectivity index (χ3v) is 7.20. The monoisotopic (exact) mass is 462 g/mol. The molecule has 1 saturated carbocycles. The number of morpholine rings is 1. The number of nitrogens with zero attached hydrogens (tertiary/aromatic N) is 2. The van der Waals surface area contributed by atoms with E-state index in [0.29, 0.717) is 38.5 Å². The van der Waals surface area contributed by atoms with Crippen molar-refractivity contribution in [2.24, 2.45) is 5.92 Å². The van der Waals surface area contributed by atoms with E-state index in [1.165, 1.54) is 11.1 Å². The van der Waals surface area contributed by atoms with Crippen molar-refractivity contribution in [2.75, 3.05) is 32.8 Å². The molecule has 0 bridgehead atoms. The average Bonchev–Trinajstić information content (AvgIpc) is 3.72. The van der Waals surface area contributed by atoms with E-state index in [4.69, 9.17) is 9.47 Å². The zero-order valence-corrected chi connectivity index (χ0v) is 20.2.